The van der Waals surface area contributed by atoms with Gasteiger partial charge in [-0.15, -0.1) is 0 Å². The Morgan fingerprint density at radius 1 is 1.21 bits per heavy atom. The number of nitrogens with one attached hydrogen (secondary N) is 1. The molecule has 0 unspecified atom stereocenters. The van der Waals surface area contributed by atoms with Gasteiger partial charge in [0.25, 0.3) is 0 Å². The van der Waals surface area contributed by atoms with Crippen molar-refractivity contribution >= 4 is 0 Å². The van der Waals surface area contributed by atoms with Gasteiger partial charge in [-0.1, -0.05) is 13.0 Å². The second-order valence-corrected chi connectivity index (χ2v) is 4.38. The van der Waals surface area contributed by atoms with Gasteiger partial charge < -0.3 is 10.1 Å². The number of aryl methyl sites for hydroxylation is 1. The van der Waals surface area contributed by atoms with Crippen LogP contribution in [0, 0.1) is 6.92 Å². The van der Waals surface area contributed by atoms with Gasteiger partial charge in [0.15, 0.2) is 0 Å². The lowest BCUT2D eigenvalue weighted by molar-refractivity contribution is 0.450. The van der Waals surface area contributed by atoms with E-state index in [2.05, 4.69) is 22.2 Å². The van der Waals surface area contributed by atoms with Crippen LogP contribution in [-0.2, 0) is 6.54 Å². The lowest BCUT2D eigenvalue weighted by atomic mass is 10.2. The third kappa shape index (κ3) is 4.03. The van der Waals surface area contributed by atoms with Gasteiger partial charge in [-0.3, -0.25) is 4.98 Å². The van der Waals surface area contributed by atoms with E-state index >= 15 is 0 Å². The van der Waals surface area contributed by atoms with Gasteiger partial charge >= 0.3 is 0 Å². The van der Waals surface area contributed by atoms with Crippen LogP contribution >= 0.6 is 0 Å². The van der Waals surface area contributed by atoms with Gasteiger partial charge in [0.1, 0.15) is 5.75 Å². The SMILES string of the molecule is CCCNCc1cccnc1Oc1ccc(C)nc1. The fraction of sp³-hybridized carbons (Fsp3) is 0.333. The Labute approximate surface area is 113 Å². The number of nitrogens with zero attached hydrogens (tertiary/aromatic N) is 2. The van der Waals surface area contributed by atoms with E-state index in [0.29, 0.717) is 11.6 Å². The average molecular weight is 257 g/mol. The van der Waals surface area contributed by atoms with E-state index < -0.39 is 0 Å². The average Bonchev–Trinajstić information content (AvgIpc) is 2.43. The normalized spacial score (nSPS) is 10.4. The van der Waals surface area contributed by atoms with Crippen molar-refractivity contribution in [3.8, 4) is 11.6 Å². The second-order valence-electron chi connectivity index (χ2n) is 4.38. The van der Waals surface area contributed by atoms with E-state index in [9.17, 15) is 0 Å². The molecular formula is C15H19N3O. The molecular weight excluding hydrogens is 238 g/mol. The van der Waals surface area contributed by atoms with Gasteiger partial charge in [0.2, 0.25) is 5.88 Å². The minimum absolute atomic E-state index is 0.636. The summed E-state index contributed by atoms with van der Waals surface area (Å²) in [6.07, 6.45) is 4.56. The number of aromatic nitrogens is 2. The van der Waals surface area contributed by atoms with Gasteiger partial charge in [0.05, 0.1) is 6.20 Å². The largest absolute Gasteiger partial charge is 0.437 e. The van der Waals surface area contributed by atoms with E-state index in [1.54, 1.807) is 12.4 Å². The van der Waals surface area contributed by atoms with Crippen LogP contribution in [-0.4, -0.2) is 16.5 Å². The first kappa shape index (κ1) is 13.5. The molecule has 2 aromatic heterocycles. The number of rotatable bonds is 6. The summed E-state index contributed by atoms with van der Waals surface area (Å²) in [5.41, 5.74) is 2.02. The molecule has 0 radical (unpaired) electrons. The van der Waals surface area contributed by atoms with Gasteiger partial charge in [-0.25, -0.2) is 4.98 Å². The van der Waals surface area contributed by atoms with Gasteiger partial charge in [-0.05, 0) is 38.1 Å². The molecule has 0 fully saturated rings. The van der Waals surface area contributed by atoms with Crippen LogP contribution in [0.2, 0.25) is 0 Å². The quantitative estimate of drug-likeness (QED) is 0.808. The first-order valence-corrected chi connectivity index (χ1v) is 6.54. The lowest BCUT2D eigenvalue weighted by Gasteiger charge is -2.10. The maximum atomic E-state index is 5.78. The molecule has 0 aliphatic rings. The molecule has 2 aromatic rings. The van der Waals surface area contributed by atoms with E-state index in [4.69, 9.17) is 4.74 Å². The number of pyridine rings is 2. The molecule has 0 aliphatic heterocycles. The number of hydrogen-bond donors (Lipinski definition) is 1. The zero-order valence-electron chi connectivity index (χ0n) is 11.4. The summed E-state index contributed by atoms with van der Waals surface area (Å²) in [6, 6.07) is 7.77. The highest BCUT2D eigenvalue weighted by Crippen LogP contribution is 2.22. The molecule has 0 aromatic carbocycles. The molecule has 0 saturated carbocycles. The second kappa shape index (κ2) is 6.85. The minimum atomic E-state index is 0.636. The zero-order valence-corrected chi connectivity index (χ0v) is 11.4. The third-order valence-electron chi connectivity index (χ3n) is 2.69. The monoisotopic (exact) mass is 257 g/mol. The molecule has 4 nitrogen and oxygen atoms in total. The standard InChI is InChI=1S/C15H19N3O/c1-3-8-16-10-13-5-4-9-17-15(13)19-14-7-6-12(2)18-11-14/h4-7,9,11,16H,3,8,10H2,1-2H3. The van der Waals surface area contributed by atoms with Crippen LogP contribution in [0.3, 0.4) is 0 Å². The van der Waals surface area contributed by atoms with E-state index in [1.165, 1.54) is 0 Å². The topological polar surface area (TPSA) is 47.0 Å². The summed E-state index contributed by atoms with van der Waals surface area (Å²) < 4.78 is 5.78. The first-order valence-electron chi connectivity index (χ1n) is 6.54. The Morgan fingerprint density at radius 3 is 2.84 bits per heavy atom. The smallest absolute Gasteiger partial charge is 0.223 e. The van der Waals surface area contributed by atoms with Gasteiger partial charge in [0, 0.05) is 24.0 Å². The highest BCUT2D eigenvalue weighted by molar-refractivity contribution is 5.31. The van der Waals surface area contributed by atoms with Crippen molar-refractivity contribution in [1.29, 1.82) is 0 Å². The molecule has 2 heterocycles. The predicted octanol–water partition coefficient (Wildman–Crippen LogP) is 3.08. The molecule has 0 bridgehead atoms. The predicted molar refractivity (Wildman–Crippen MR) is 75.3 cm³/mol. The molecule has 1 N–H and O–H groups in total. The fourth-order valence-electron chi connectivity index (χ4n) is 1.68. The Hall–Kier alpha value is -1.94. The number of ether oxygens (including phenoxy) is 1. The first-order chi connectivity index (χ1) is 9.29. The maximum absolute atomic E-state index is 5.78. The van der Waals surface area contributed by atoms with E-state index in [0.717, 1.165) is 30.8 Å². The van der Waals surface area contributed by atoms with Crippen molar-refractivity contribution in [3.05, 3.63) is 47.9 Å². The summed E-state index contributed by atoms with van der Waals surface area (Å²) in [6.45, 7) is 5.84. The lowest BCUT2D eigenvalue weighted by Crippen LogP contribution is -2.14. The molecule has 0 spiro atoms. The van der Waals surface area contributed by atoms with Crippen molar-refractivity contribution in [3.63, 3.8) is 0 Å². The Balaban J connectivity index is 2.08. The third-order valence-corrected chi connectivity index (χ3v) is 2.69. The molecule has 0 amide bonds. The van der Waals surface area contributed by atoms with Crippen LogP contribution < -0.4 is 10.1 Å². The molecule has 2 rings (SSSR count). The molecule has 0 saturated heterocycles. The van der Waals surface area contributed by atoms with Crippen LogP contribution in [0.25, 0.3) is 0 Å². The molecule has 0 aliphatic carbocycles. The Morgan fingerprint density at radius 2 is 2.11 bits per heavy atom. The maximum Gasteiger partial charge on any atom is 0.223 e. The van der Waals surface area contributed by atoms with Crippen molar-refractivity contribution in [2.45, 2.75) is 26.8 Å². The highest BCUT2D eigenvalue weighted by Gasteiger charge is 2.05. The minimum Gasteiger partial charge on any atom is -0.437 e. The Kier molecular flexibility index (Phi) is 4.86. The van der Waals surface area contributed by atoms with Crippen LogP contribution in [0.15, 0.2) is 36.7 Å². The van der Waals surface area contributed by atoms with Crippen molar-refractivity contribution in [2.24, 2.45) is 0 Å². The summed E-state index contributed by atoms with van der Waals surface area (Å²) in [7, 11) is 0. The Bertz CT molecular complexity index is 511. The zero-order chi connectivity index (χ0) is 13.5. The molecule has 0 atom stereocenters. The van der Waals surface area contributed by atoms with E-state index in [1.807, 2.05) is 31.2 Å². The molecule has 19 heavy (non-hydrogen) atoms. The molecule has 100 valence electrons. The molecule has 4 heteroatoms. The van der Waals surface area contributed by atoms with Crippen molar-refractivity contribution < 1.29 is 4.74 Å². The van der Waals surface area contributed by atoms with E-state index in [-0.39, 0.29) is 0 Å². The van der Waals surface area contributed by atoms with Gasteiger partial charge in [-0.2, -0.15) is 0 Å². The number of hydrogen-bond acceptors (Lipinski definition) is 4. The highest BCUT2D eigenvalue weighted by atomic mass is 16.5. The van der Waals surface area contributed by atoms with Crippen LogP contribution in [0.1, 0.15) is 24.6 Å². The summed E-state index contributed by atoms with van der Waals surface area (Å²) in [4.78, 5) is 8.50. The fourth-order valence-corrected chi connectivity index (χ4v) is 1.68. The van der Waals surface area contributed by atoms with Crippen molar-refractivity contribution in [2.75, 3.05) is 6.54 Å². The summed E-state index contributed by atoms with van der Waals surface area (Å²) in [5.74, 6) is 1.35. The summed E-state index contributed by atoms with van der Waals surface area (Å²) in [5, 5.41) is 3.35. The van der Waals surface area contributed by atoms with Crippen LogP contribution in [0.4, 0.5) is 0 Å². The summed E-state index contributed by atoms with van der Waals surface area (Å²) >= 11 is 0. The van der Waals surface area contributed by atoms with Crippen molar-refractivity contribution in [1.82, 2.24) is 15.3 Å². The van der Waals surface area contributed by atoms with Crippen LogP contribution in [0.5, 0.6) is 11.6 Å².